The first kappa shape index (κ1) is 25.2. The van der Waals surface area contributed by atoms with E-state index in [1.54, 1.807) is 76.3 Å². The summed E-state index contributed by atoms with van der Waals surface area (Å²) in [4.78, 5) is 14.1. The third-order valence-corrected chi connectivity index (χ3v) is 12.5. The van der Waals surface area contributed by atoms with Crippen molar-refractivity contribution in [1.82, 2.24) is 0 Å². The van der Waals surface area contributed by atoms with Gasteiger partial charge in [-0.2, -0.15) is 0 Å². The minimum atomic E-state index is -1.28. The minimum absolute atomic E-state index is 0.0367. The van der Waals surface area contributed by atoms with Gasteiger partial charge in [0.1, 0.15) is 0 Å². The summed E-state index contributed by atoms with van der Waals surface area (Å²) >= 11 is 6.36. The van der Waals surface area contributed by atoms with Crippen molar-refractivity contribution >= 4 is 65.2 Å². The Kier molecular flexibility index (Phi) is 11.6. The number of aliphatic imine (C=N–C) groups is 1. The Morgan fingerprint density at radius 3 is 2.07 bits per heavy atom. The SMILES string of the molecule is C1CC[CH]([Sn+2][CH]2CCCCC2)CC1.C[C@H](N=Cc1cc(Br)cc(Br)c1[O-])C(=O)[O-]. The predicted molar refractivity (Wildman–Crippen MR) is 123 cm³/mol. The molecule has 3 rings (SSSR count). The monoisotopic (exact) mass is 633 g/mol. The fourth-order valence-corrected chi connectivity index (χ4v) is 11.2. The van der Waals surface area contributed by atoms with Crippen molar-refractivity contribution < 1.29 is 15.0 Å². The standard InChI is InChI=1S/C10H9Br2NO3.2C6H11.Sn/c1-5(10(15)16)13-4-6-2-7(11)3-8(12)9(6)14;2*1-2-4-6-5-3-1;/h2-5,14H,1H3,(H,15,16);2*1H,2-6H2;/q;;;+2/p-2/t5-;;;/m0.../s1. The van der Waals surface area contributed by atoms with E-state index in [9.17, 15) is 15.0 Å². The summed E-state index contributed by atoms with van der Waals surface area (Å²) in [6, 6.07) is 2.21. The van der Waals surface area contributed by atoms with Crippen LogP contribution in [0.5, 0.6) is 5.75 Å². The molecule has 1 aromatic rings. The summed E-state index contributed by atoms with van der Waals surface area (Å²) in [5, 5.41) is 22.0. The molecular weight excluding hydrogens is 605 g/mol. The van der Waals surface area contributed by atoms with E-state index >= 15 is 0 Å². The van der Waals surface area contributed by atoms with Crippen molar-refractivity contribution in [2.75, 3.05) is 0 Å². The summed E-state index contributed by atoms with van der Waals surface area (Å²) < 4.78 is 3.69. The molecule has 0 saturated heterocycles. The van der Waals surface area contributed by atoms with Crippen molar-refractivity contribution in [2.45, 2.75) is 85.0 Å². The first-order valence-electron chi connectivity index (χ1n) is 10.5. The van der Waals surface area contributed by atoms with Gasteiger partial charge in [-0.25, -0.2) is 0 Å². The second kappa shape index (κ2) is 13.4. The van der Waals surface area contributed by atoms with Crippen LogP contribution >= 0.6 is 31.9 Å². The first-order chi connectivity index (χ1) is 13.9. The van der Waals surface area contributed by atoms with Gasteiger partial charge in [0.05, 0.1) is 12.0 Å². The number of carboxylic acid groups (broad SMARTS) is 1. The molecule has 2 saturated carbocycles. The minimum Gasteiger partial charge on any atom is -0.871 e. The number of carbonyl (C=O) groups excluding carboxylic acids is 1. The Labute approximate surface area is 201 Å². The van der Waals surface area contributed by atoms with Crippen LogP contribution in [0.4, 0.5) is 0 Å². The molecule has 2 fully saturated rings. The van der Waals surface area contributed by atoms with Crippen molar-refractivity contribution in [3.05, 3.63) is 26.6 Å². The number of carboxylic acids is 1. The smallest absolute Gasteiger partial charge is 0.0865 e. The molecule has 158 valence electrons. The number of halogens is 2. The van der Waals surface area contributed by atoms with Crippen LogP contribution in [-0.2, 0) is 4.79 Å². The molecule has 0 unspecified atom stereocenters. The first-order valence-corrected chi connectivity index (χ1v) is 15.4. The topological polar surface area (TPSA) is 75.5 Å². The molecule has 7 heteroatoms. The van der Waals surface area contributed by atoms with Crippen molar-refractivity contribution in [2.24, 2.45) is 4.99 Å². The van der Waals surface area contributed by atoms with Gasteiger partial charge in [0.15, 0.2) is 0 Å². The van der Waals surface area contributed by atoms with E-state index in [1.165, 1.54) is 21.0 Å². The van der Waals surface area contributed by atoms with E-state index < -0.39 is 12.0 Å². The predicted octanol–water partition coefficient (Wildman–Crippen LogP) is 5.04. The number of hydrogen-bond acceptors (Lipinski definition) is 4. The van der Waals surface area contributed by atoms with Crippen LogP contribution in [0.3, 0.4) is 0 Å². The van der Waals surface area contributed by atoms with Gasteiger partial charge in [-0.3, -0.25) is 4.99 Å². The second-order valence-corrected chi connectivity index (χ2v) is 15.3. The molecule has 1 atom stereocenters. The zero-order chi connectivity index (χ0) is 21.2. The number of aliphatic carboxylic acids is 1. The van der Waals surface area contributed by atoms with Crippen LogP contribution in [0.2, 0.25) is 7.87 Å². The van der Waals surface area contributed by atoms with Gasteiger partial charge in [0.25, 0.3) is 0 Å². The number of hydrogen-bond donors (Lipinski definition) is 0. The largest absolute Gasteiger partial charge is 0.871 e. The average molecular weight is 634 g/mol. The van der Waals surface area contributed by atoms with E-state index in [4.69, 9.17) is 0 Å². The van der Waals surface area contributed by atoms with Gasteiger partial charge in [0.2, 0.25) is 0 Å². The molecule has 0 amide bonds. The molecule has 0 N–H and O–H groups in total. The van der Waals surface area contributed by atoms with Gasteiger partial charge in [-0.05, 0) is 24.6 Å². The normalized spacial score (nSPS) is 19.3. The molecule has 2 aliphatic carbocycles. The molecular formula is C22H29Br2NO3Sn. The number of nitrogens with zero attached hydrogens (tertiary/aromatic N) is 1. The van der Waals surface area contributed by atoms with Crippen LogP contribution in [0.1, 0.15) is 76.7 Å². The molecule has 0 radical (unpaired) electrons. The summed E-state index contributed by atoms with van der Waals surface area (Å²) in [6.07, 6.45) is 17.1. The molecule has 0 heterocycles. The number of carbonyl (C=O) groups is 1. The Bertz CT molecular complexity index is 671. The van der Waals surface area contributed by atoms with Crippen LogP contribution < -0.4 is 10.2 Å². The zero-order valence-electron chi connectivity index (χ0n) is 17.0. The quantitative estimate of drug-likeness (QED) is 0.337. The van der Waals surface area contributed by atoms with Gasteiger partial charge in [-0.1, -0.05) is 37.6 Å². The Morgan fingerprint density at radius 2 is 1.59 bits per heavy atom. The summed E-state index contributed by atoms with van der Waals surface area (Å²) in [5.41, 5.74) is 0.314. The van der Waals surface area contributed by atoms with Crippen molar-refractivity contribution in [3.8, 4) is 5.75 Å². The van der Waals surface area contributed by atoms with Gasteiger partial charge < -0.3 is 15.0 Å². The van der Waals surface area contributed by atoms with E-state index in [2.05, 4.69) is 36.9 Å². The maximum atomic E-state index is 11.6. The number of rotatable bonds is 5. The van der Waals surface area contributed by atoms with Crippen molar-refractivity contribution in [1.29, 1.82) is 0 Å². The van der Waals surface area contributed by atoms with Crippen LogP contribution in [0, 0.1) is 0 Å². The fraction of sp³-hybridized carbons (Fsp3) is 0.636. The maximum Gasteiger partial charge on any atom is 0.0865 e. The third kappa shape index (κ3) is 9.30. The average Bonchev–Trinajstić information content (AvgIpc) is 2.71. The molecule has 0 spiro atoms. The Hall–Kier alpha value is -0.0813. The zero-order valence-corrected chi connectivity index (χ0v) is 23.0. The Morgan fingerprint density at radius 1 is 1.07 bits per heavy atom. The van der Waals surface area contributed by atoms with Gasteiger partial charge in [0, 0.05) is 15.2 Å². The number of benzene rings is 1. The van der Waals surface area contributed by atoms with Gasteiger partial charge >= 0.3 is 93.2 Å². The van der Waals surface area contributed by atoms with E-state index in [0.717, 1.165) is 0 Å². The van der Waals surface area contributed by atoms with E-state index in [-0.39, 0.29) is 26.9 Å². The maximum absolute atomic E-state index is 11.6. The van der Waals surface area contributed by atoms with Crippen LogP contribution in [0.15, 0.2) is 26.1 Å². The van der Waals surface area contributed by atoms with Crippen molar-refractivity contribution in [3.63, 3.8) is 0 Å². The summed E-state index contributed by atoms with van der Waals surface area (Å²) in [5.74, 6) is -1.52. The molecule has 29 heavy (non-hydrogen) atoms. The summed E-state index contributed by atoms with van der Waals surface area (Å²) in [6.45, 7) is 1.38. The molecule has 0 aliphatic heterocycles. The van der Waals surface area contributed by atoms with Crippen LogP contribution in [-0.4, -0.2) is 39.4 Å². The van der Waals surface area contributed by atoms with Crippen LogP contribution in [0.25, 0.3) is 0 Å². The Balaban J connectivity index is 0.000000211. The van der Waals surface area contributed by atoms with E-state index in [0.29, 0.717) is 14.5 Å². The summed E-state index contributed by atoms with van der Waals surface area (Å²) in [7, 11) is 0. The second-order valence-electron chi connectivity index (χ2n) is 7.92. The van der Waals surface area contributed by atoms with Gasteiger partial charge in [-0.15, -0.1) is 0 Å². The molecule has 2 aliphatic rings. The third-order valence-electron chi connectivity index (χ3n) is 5.50. The molecule has 1 aromatic carbocycles. The molecule has 0 bridgehead atoms. The van der Waals surface area contributed by atoms with E-state index in [1.807, 2.05) is 0 Å². The fourth-order valence-electron chi connectivity index (χ4n) is 3.80. The molecule has 0 aromatic heterocycles. The molecule has 4 nitrogen and oxygen atoms in total.